The number of carbonyl (C=O) groups excluding carboxylic acids is 1. The van der Waals surface area contributed by atoms with Crippen molar-refractivity contribution >= 4 is 28.6 Å². The third-order valence-electron chi connectivity index (χ3n) is 5.94. The summed E-state index contributed by atoms with van der Waals surface area (Å²) in [5.74, 6) is 0.0641. The van der Waals surface area contributed by atoms with Gasteiger partial charge in [-0.25, -0.2) is 0 Å². The van der Waals surface area contributed by atoms with E-state index in [-0.39, 0.29) is 17.5 Å². The first-order valence-corrected chi connectivity index (χ1v) is 13.1. The van der Waals surface area contributed by atoms with Crippen LogP contribution in [0.3, 0.4) is 0 Å². The molecule has 190 valence electrons. The van der Waals surface area contributed by atoms with Crippen LogP contribution in [0.15, 0.2) is 87.2 Å². The van der Waals surface area contributed by atoms with Crippen molar-refractivity contribution in [2.75, 3.05) is 0 Å². The highest BCUT2D eigenvalue weighted by Gasteiger charge is 2.30. The van der Waals surface area contributed by atoms with Crippen LogP contribution in [0.1, 0.15) is 73.6 Å². The maximum atomic E-state index is 13.9. The lowest BCUT2D eigenvalue weighted by atomic mass is 9.91. The zero-order chi connectivity index (χ0) is 26.8. The Bertz CT molecular complexity index is 941. The molecule has 0 aromatic rings. The Morgan fingerprint density at radius 1 is 1.23 bits per heavy atom. The van der Waals surface area contributed by atoms with E-state index < -0.39 is 0 Å². The SMILES string of the molecule is C=C/C(=C\C=C/C)C(CCC)N(C(=O)/C(C#N)=C/C/C=C\C=C(\Br)N=C)/C(C)=C(/CC)C(C)CC. The quantitative estimate of drug-likeness (QED) is 0.0686. The van der Waals surface area contributed by atoms with Crippen molar-refractivity contribution in [2.45, 2.75) is 79.7 Å². The zero-order valence-corrected chi connectivity index (χ0v) is 23.9. The Kier molecular flexibility index (Phi) is 17.2. The van der Waals surface area contributed by atoms with Gasteiger partial charge in [0.05, 0.1) is 6.04 Å². The summed E-state index contributed by atoms with van der Waals surface area (Å²) in [5, 5.41) is 9.92. The zero-order valence-electron chi connectivity index (χ0n) is 22.4. The van der Waals surface area contributed by atoms with Crippen molar-refractivity contribution in [2.24, 2.45) is 10.9 Å². The van der Waals surface area contributed by atoms with E-state index in [2.05, 4.69) is 68.0 Å². The Morgan fingerprint density at radius 2 is 1.91 bits per heavy atom. The molecular weight excluding hydrogens is 498 g/mol. The van der Waals surface area contributed by atoms with Gasteiger partial charge in [-0.2, -0.15) is 5.26 Å². The number of rotatable bonds is 15. The van der Waals surface area contributed by atoms with Crippen LogP contribution in [0.4, 0.5) is 0 Å². The standard InChI is InChI=1S/C30H42BrN3O/c1-9-14-19-25(12-4)28(18-10-2)34(24(7)27(13-5)23(6)11-3)30(35)26(22-32)20-16-15-17-21-29(31)33-8/h9,12,14-15,17,19-21,23,28H,4,8,10-11,13,16,18H2,1-3,5-7H3/b14-9-,17-15-,25-19+,26-20+,27-24-,29-21-. The molecule has 5 heteroatoms. The van der Waals surface area contributed by atoms with Crippen LogP contribution in [0.25, 0.3) is 0 Å². The number of nitriles is 1. The van der Waals surface area contributed by atoms with Crippen LogP contribution in [0, 0.1) is 17.2 Å². The van der Waals surface area contributed by atoms with Crippen molar-refractivity contribution in [1.82, 2.24) is 4.90 Å². The summed E-state index contributed by atoms with van der Waals surface area (Å²) in [7, 11) is 0. The highest BCUT2D eigenvalue weighted by molar-refractivity contribution is 9.11. The van der Waals surface area contributed by atoms with Crippen LogP contribution in [-0.4, -0.2) is 23.6 Å². The van der Waals surface area contributed by atoms with Gasteiger partial charge in [-0.1, -0.05) is 83.2 Å². The monoisotopic (exact) mass is 539 g/mol. The van der Waals surface area contributed by atoms with Gasteiger partial charge in [-0.15, -0.1) is 0 Å². The number of halogens is 1. The van der Waals surface area contributed by atoms with Crippen LogP contribution in [-0.2, 0) is 4.79 Å². The fraction of sp³-hybridized carbons (Fsp3) is 0.433. The molecule has 0 aromatic carbocycles. The van der Waals surface area contributed by atoms with E-state index in [1.54, 1.807) is 12.2 Å². The van der Waals surface area contributed by atoms with E-state index in [9.17, 15) is 10.1 Å². The second-order valence-corrected chi connectivity index (χ2v) is 9.00. The molecule has 0 aliphatic heterocycles. The molecule has 0 spiro atoms. The molecule has 35 heavy (non-hydrogen) atoms. The average Bonchev–Trinajstić information content (AvgIpc) is 2.86. The summed E-state index contributed by atoms with van der Waals surface area (Å²) < 4.78 is 0.616. The third-order valence-corrected chi connectivity index (χ3v) is 6.45. The van der Waals surface area contributed by atoms with E-state index in [1.807, 2.05) is 55.2 Å². The number of carbonyl (C=O) groups is 1. The van der Waals surface area contributed by atoms with Crippen LogP contribution < -0.4 is 0 Å². The predicted molar refractivity (Wildman–Crippen MR) is 155 cm³/mol. The Balaban J connectivity index is 6.76. The summed E-state index contributed by atoms with van der Waals surface area (Å²) in [6, 6.07) is 1.93. The molecule has 2 unspecified atom stereocenters. The fourth-order valence-corrected chi connectivity index (χ4v) is 4.06. The molecule has 0 fully saturated rings. The fourth-order valence-electron chi connectivity index (χ4n) is 3.91. The minimum absolute atomic E-state index is 0.133. The summed E-state index contributed by atoms with van der Waals surface area (Å²) in [4.78, 5) is 19.5. The summed E-state index contributed by atoms with van der Waals surface area (Å²) >= 11 is 3.27. The van der Waals surface area contributed by atoms with Gasteiger partial charge in [0.15, 0.2) is 0 Å². The second kappa shape index (κ2) is 18.6. The molecule has 0 aliphatic rings. The van der Waals surface area contributed by atoms with Gasteiger partial charge in [0, 0.05) is 5.70 Å². The van der Waals surface area contributed by atoms with Gasteiger partial charge in [0.2, 0.25) is 0 Å². The molecule has 0 aliphatic carbocycles. The van der Waals surface area contributed by atoms with Crippen molar-refractivity contribution < 1.29 is 4.79 Å². The van der Waals surface area contributed by atoms with E-state index in [1.165, 1.54) is 5.57 Å². The molecule has 0 bridgehead atoms. The normalized spacial score (nSPS) is 15.5. The summed E-state index contributed by atoms with van der Waals surface area (Å²) in [6.07, 6.45) is 18.8. The van der Waals surface area contributed by atoms with Crippen molar-refractivity contribution in [3.05, 3.63) is 82.2 Å². The van der Waals surface area contributed by atoms with Gasteiger partial charge in [0.25, 0.3) is 5.91 Å². The van der Waals surface area contributed by atoms with Crippen molar-refractivity contribution in [3.63, 3.8) is 0 Å². The first-order chi connectivity index (χ1) is 16.8. The lowest BCUT2D eigenvalue weighted by Gasteiger charge is -2.35. The van der Waals surface area contributed by atoms with Gasteiger partial charge in [-0.3, -0.25) is 9.79 Å². The number of hydrogen-bond acceptors (Lipinski definition) is 3. The van der Waals surface area contributed by atoms with Crippen molar-refractivity contribution in [1.29, 1.82) is 5.26 Å². The molecule has 0 N–H and O–H groups in total. The van der Waals surface area contributed by atoms with Crippen LogP contribution in [0.5, 0.6) is 0 Å². The topological polar surface area (TPSA) is 56.5 Å². The van der Waals surface area contributed by atoms with Gasteiger partial charge >= 0.3 is 0 Å². The van der Waals surface area contributed by atoms with Crippen LogP contribution in [0.2, 0.25) is 0 Å². The van der Waals surface area contributed by atoms with Gasteiger partial charge in [0.1, 0.15) is 16.2 Å². The lowest BCUT2D eigenvalue weighted by Crippen LogP contribution is -2.41. The number of hydrogen-bond donors (Lipinski definition) is 0. The average molecular weight is 541 g/mol. The van der Waals surface area contributed by atoms with E-state index >= 15 is 0 Å². The maximum absolute atomic E-state index is 13.9. The Hall–Kier alpha value is -2.71. The van der Waals surface area contributed by atoms with E-state index in [0.29, 0.717) is 16.9 Å². The molecule has 4 nitrogen and oxygen atoms in total. The minimum Gasteiger partial charge on any atom is -0.304 e. The van der Waals surface area contributed by atoms with E-state index in [4.69, 9.17) is 0 Å². The minimum atomic E-state index is -0.274. The highest BCUT2D eigenvalue weighted by Crippen LogP contribution is 2.30. The molecule has 2 atom stereocenters. The van der Waals surface area contributed by atoms with Crippen molar-refractivity contribution in [3.8, 4) is 6.07 Å². The summed E-state index contributed by atoms with van der Waals surface area (Å²) in [6.45, 7) is 20.0. The number of amides is 1. The van der Waals surface area contributed by atoms with Gasteiger partial charge < -0.3 is 4.90 Å². The number of aliphatic imine (C=N–C) groups is 1. The van der Waals surface area contributed by atoms with Crippen LogP contribution >= 0.6 is 15.9 Å². The molecule has 1 amide bonds. The first kappa shape index (κ1) is 32.3. The third kappa shape index (κ3) is 10.6. The molecule has 0 heterocycles. The molecule has 0 saturated heterocycles. The lowest BCUT2D eigenvalue weighted by molar-refractivity contribution is -0.126. The molecular formula is C30H42BrN3O. The smallest absolute Gasteiger partial charge is 0.268 e. The molecule has 0 rings (SSSR count). The molecule has 0 saturated carbocycles. The number of allylic oxidation sites excluding steroid dienone is 9. The molecule has 0 aromatic heterocycles. The Morgan fingerprint density at radius 3 is 2.40 bits per heavy atom. The summed E-state index contributed by atoms with van der Waals surface area (Å²) in [5.41, 5.74) is 3.26. The Labute approximate surface area is 222 Å². The largest absolute Gasteiger partial charge is 0.304 e. The van der Waals surface area contributed by atoms with E-state index in [0.717, 1.165) is 37.0 Å². The maximum Gasteiger partial charge on any atom is 0.268 e. The number of nitrogens with zero attached hydrogens (tertiary/aromatic N) is 3. The first-order valence-electron chi connectivity index (χ1n) is 12.3. The molecule has 0 radical (unpaired) electrons. The van der Waals surface area contributed by atoms with Gasteiger partial charge in [-0.05, 0) is 85.3 Å². The highest BCUT2D eigenvalue weighted by atomic mass is 79.9. The predicted octanol–water partition coefficient (Wildman–Crippen LogP) is 8.74. The second-order valence-electron chi connectivity index (χ2n) is 8.19.